The molecular weight excluding hydrogens is 400 g/mol. The molecule has 1 aliphatic rings. The maximum atomic E-state index is 13.3. The molecule has 0 aliphatic carbocycles. The molecule has 162 valence electrons. The quantitative estimate of drug-likeness (QED) is 0.644. The van der Waals surface area contributed by atoms with Gasteiger partial charge in [0.2, 0.25) is 0 Å². The number of hydrogen-bond acceptors (Lipinski definition) is 5. The summed E-state index contributed by atoms with van der Waals surface area (Å²) in [5.74, 6) is -0.104. The van der Waals surface area contributed by atoms with Gasteiger partial charge in [-0.15, -0.1) is 0 Å². The van der Waals surface area contributed by atoms with Gasteiger partial charge >= 0.3 is 0 Å². The van der Waals surface area contributed by atoms with Crippen LogP contribution >= 0.6 is 0 Å². The Labute approximate surface area is 179 Å². The zero-order valence-corrected chi connectivity index (χ0v) is 18.7. The highest BCUT2D eigenvalue weighted by Crippen LogP contribution is 2.19. The predicted molar refractivity (Wildman–Crippen MR) is 119 cm³/mol. The number of carbonyl (C=O) groups excluding carboxylic acids is 1. The van der Waals surface area contributed by atoms with E-state index in [4.69, 9.17) is 4.74 Å². The molecule has 2 aromatic carbocycles. The molecule has 0 N–H and O–H groups in total. The van der Waals surface area contributed by atoms with Crippen molar-refractivity contribution in [2.75, 3.05) is 38.4 Å². The van der Waals surface area contributed by atoms with Gasteiger partial charge in [-0.05, 0) is 48.2 Å². The van der Waals surface area contributed by atoms with E-state index >= 15 is 0 Å². The van der Waals surface area contributed by atoms with E-state index in [1.165, 1.54) is 6.26 Å². The lowest BCUT2D eigenvalue weighted by Gasteiger charge is -2.26. The molecule has 3 rings (SSSR count). The third-order valence-electron chi connectivity index (χ3n) is 5.19. The molecule has 2 aromatic rings. The molecule has 1 aliphatic heterocycles. The summed E-state index contributed by atoms with van der Waals surface area (Å²) in [6.45, 7) is 1.78. The Balaban J connectivity index is 1.77. The largest absolute Gasteiger partial charge is 0.378 e. The Morgan fingerprint density at radius 1 is 1.03 bits per heavy atom. The van der Waals surface area contributed by atoms with Crippen LogP contribution in [0.4, 0.5) is 5.69 Å². The Morgan fingerprint density at radius 3 is 2.20 bits per heavy atom. The lowest BCUT2D eigenvalue weighted by atomic mass is 10.1. The molecule has 30 heavy (non-hydrogen) atoms. The SMILES string of the molecule is CN(C)c1ccc(CN(CC2CCCO2)C(=O)c2ccc(CS(C)(=O)=O)cc2)cc1. The van der Waals surface area contributed by atoms with Gasteiger partial charge < -0.3 is 14.5 Å². The summed E-state index contributed by atoms with van der Waals surface area (Å²) in [5.41, 5.74) is 3.40. The van der Waals surface area contributed by atoms with Crippen LogP contribution in [0.25, 0.3) is 0 Å². The molecule has 0 aromatic heterocycles. The van der Waals surface area contributed by atoms with Crippen molar-refractivity contribution >= 4 is 21.4 Å². The van der Waals surface area contributed by atoms with Crippen LogP contribution in [0.3, 0.4) is 0 Å². The number of hydrogen-bond donors (Lipinski definition) is 0. The van der Waals surface area contributed by atoms with Crippen molar-refractivity contribution in [3.63, 3.8) is 0 Å². The Bertz CT molecular complexity index is 948. The number of rotatable bonds is 8. The first-order valence-electron chi connectivity index (χ1n) is 10.1. The maximum absolute atomic E-state index is 13.3. The maximum Gasteiger partial charge on any atom is 0.254 e. The van der Waals surface area contributed by atoms with E-state index in [1.807, 2.05) is 48.2 Å². The normalized spacial score (nSPS) is 16.4. The number of amides is 1. The molecule has 0 saturated carbocycles. The van der Waals surface area contributed by atoms with Crippen molar-refractivity contribution in [1.82, 2.24) is 4.90 Å². The summed E-state index contributed by atoms with van der Waals surface area (Å²) < 4.78 is 28.8. The van der Waals surface area contributed by atoms with Crippen molar-refractivity contribution in [3.05, 3.63) is 65.2 Å². The molecule has 1 heterocycles. The average molecular weight is 431 g/mol. The molecule has 1 amide bonds. The van der Waals surface area contributed by atoms with Crippen LogP contribution in [0.15, 0.2) is 48.5 Å². The second-order valence-corrected chi connectivity index (χ2v) is 10.3. The fourth-order valence-corrected chi connectivity index (χ4v) is 4.40. The first kappa shape index (κ1) is 22.3. The first-order valence-corrected chi connectivity index (χ1v) is 12.2. The van der Waals surface area contributed by atoms with Crippen molar-refractivity contribution in [3.8, 4) is 0 Å². The summed E-state index contributed by atoms with van der Waals surface area (Å²) >= 11 is 0. The predicted octanol–water partition coefficient (Wildman–Crippen LogP) is 3.12. The van der Waals surface area contributed by atoms with Crippen LogP contribution in [-0.2, 0) is 26.9 Å². The smallest absolute Gasteiger partial charge is 0.254 e. The van der Waals surface area contributed by atoms with Crippen LogP contribution < -0.4 is 4.90 Å². The van der Waals surface area contributed by atoms with Crippen LogP contribution in [0.2, 0.25) is 0 Å². The molecule has 1 unspecified atom stereocenters. The minimum absolute atomic E-state index is 0.0284. The van der Waals surface area contributed by atoms with Gasteiger partial charge in [-0.3, -0.25) is 4.79 Å². The van der Waals surface area contributed by atoms with E-state index in [-0.39, 0.29) is 17.8 Å². The third kappa shape index (κ3) is 6.31. The topological polar surface area (TPSA) is 66.9 Å². The van der Waals surface area contributed by atoms with Crippen LogP contribution in [0, 0.1) is 0 Å². The standard InChI is InChI=1S/C23H30N2O4S/c1-24(2)21-12-8-18(9-13-21)15-25(16-22-5-4-14-29-22)23(26)20-10-6-19(7-11-20)17-30(3,27)28/h6-13,22H,4-5,14-17H2,1-3H3. The number of sulfone groups is 1. The Morgan fingerprint density at radius 2 is 1.67 bits per heavy atom. The second kappa shape index (κ2) is 9.62. The number of ether oxygens (including phenoxy) is 1. The first-order chi connectivity index (χ1) is 14.2. The van der Waals surface area contributed by atoms with Crippen LogP contribution in [0.5, 0.6) is 0 Å². The van der Waals surface area contributed by atoms with Gasteiger partial charge in [0.05, 0.1) is 11.9 Å². The summed E-state index contributed by atoms with van der Waals surface area (Å²) in [7, 11) is 0.883. The summed E-state index contributed by atoms with van der Waals surface area (Å²) in [6.07, 6.45) is 3.23. The van der Waals surface area contributed by atoms with Crippen LogP contribution in [0.1, 0.15) is 34.3 Å². The van der Waals surface area contributed by atoms with Gasteiger partial charge in [0.15, 0.2) is 9.84 Å². The molecule has 6 nitrogen and oxygen atoms in total. The van der Waals surface area contributed by atoms with Gasteiger partial charge in [-0.25, -0.2) is 8.42 Å². The molecule has 1 saturated heterocycles. The van der Waals surface area contributed by atoms with E-state index in [0.717, 1.165) is 30.7 Å². The number of benzene rings is 2. The monoisotopic (exact) mass is 430 g/mol. The minimum atomic E-state index is -3.11. The van der Waals surface area contributed by atoms with E-state index in [9.17, 15) is 13.2 Å². The van der Waals surface area contributed by atoms with Gasteiger partial charge in [0.25, 0.3) is 5.91 Å². The zero-order valence-electron chi connectivity index (χ0n) is 17.9. The lowest BCUT2D eigenvalue weighted by Crippen LogP contribution is -2.37. The number of carbonyl (C=O) groups is 1. The van der Waals surface area contributed by atoms with Crippen molar-refractivity contribution in [1.29, 1.82) is 0 Å². The van der Waals surface area contributed by atoms with Crippen molar-refractivity contribution in [2.45, 2.75) is 31.2 Å². The third-order valence-corrected chi connectivity index (χ3v) is 6.05. The van der Waals surface area contributed by atoms with E-state index in [1.54, 1.807) is 24.3 Å². The molecule has 0 spiro atoms. The fraction of sp³-hybridized carbons (Fsp3) is 0.435. The minimum Gasteiger partial charge on any atom is -0.378 e. The second-order valence-electron chi connectivity index (χ2n) is 8.15. The zero-order chi connectivity index (χ0) is 21.7. The molecule has 0 radical (unpaired) electrons. The molecule has 1 fully saturated rings. The highest BCUT2D eigenvalue weighted by atomic mass is 32.2. The van der Waals surface area contributed by atoms with Crippen molar-refractivity contribution in [2.24, 2.45) is 0 Å². The van der Waals surface area contributed by atoms with Gasteiger partial charge in [0.1, 0.15) is 0 Å². The van der Waals surface area contributed by atoms with Gasteiger partial charge in [-0.1, -0.05) is 24.3 Å². The average Bonchev–Trinajstić information content (AvgIpc) is 3.20. The fourth-order valence-electron chi connectivity index (χ4n) is 3.60. The summed E-state index contributed by atoms with van der Waals surface area (Å²) in [6, 6.07) is 15.0. The molecule has 7 heteroatoms. The van der Waals surface area contributed by atoms with Gasteiger partial charge in [0, 0.05) is 51.3 Å². The van der Waals surface area contributed by atoms with E-state index in [0.29, 0.717) is 24.2 Å². The molecule has 1 atom stereocenters. The number of anilines is 1. The number of nitrogens with zero attached hydrogens (tertiary/aromatic N) is 2. The summed E-state index contributed by atoms with van der Waals surface area (Å²) in [5, 5.41) is 0. The Hall–Kier alpha value is -2.38. The lowest BCUT2D eigenvalue weighted by molar-refractivity contribution is 0.0507. The molecule has 0 bridgehead atoms. The van der Waals surface area contributed by atoms with Crippen molar-refractivity contribution < 1.29 is 17.9 Å². The summed E-state index contributed by atoms with van der Waals surface area (Å²) in [4.78, 5) is 17.1. The highest BCUT2D eigenvalue weighted by Gasteiger charge is 2.24. The Kier molecular flexibility index (Phi) is 7.15. The van der Waals surface area contributed by atoms with Gasteiger partial charge in [-0.2, -0.15) is 0 Å². The highest BCUT2D eigenvalue weighted by molar-refractivity contribution is 7.89. The molecular formula is C23H30N2O4S. The van der Waals surface area contributed by atoms with E-state index in [2.05, 4.69) is 0 Å². The van der Waals surface area contributed by atoms with Crippen LogP contribution in [-0.4, -0.2) is 58.8 Å². The van der Waals surface area contributed by atoms with E-state index < -0.39 is 9.84 Å².